The number of thioether (sulfide) groups is 1. The van der Waals surface area contributed by atoms with Gasteiger partial charge in [0.25, 0.3) is 17.5 Å². The number of carbonyl (C=O) groups is 4. The Labute approximate surface area is 162 Å². The van der Waals surface area contributed by atoms with E-state index in [1.165, 1.54) is 11.8 Å². The van der Waals surface area contributed by atoms with Crippen LogP contribution in [0.2, 0.25) is 0 Å². The van der Waals surface area contributed by atoms with Gasteiger partial charge in [-0.25, -0.2) is 9.59 Å². The van der Waals surface area contributed by atoms with Gasteiger partial charge < -0.3 is 25.6 Å². The molecule has 10 nitrogen and oxygen atoms in total. The van der Waals surface area contributed by atoms with Crippen LogP contribution in [-0.2, 0) is 23.9 Å². The van der Waals surface area contributed by atoms with Crippen molar-refractivity contribution >= 4 is 35.6 Å². The van der Waals surface area contributed by atoms with Crippen LogP contribution in [0.3, 0.4) is 0 Å². The molecule has 0 radical (unpaired) electrons. The molecule has 2 unspecified atom stereocenters. The number of amides is 3. The van der Waals surface area contributed by atoms with E-state index in [1.807, 2.05) is 0 Å². The van der Waals surface area contributed by atoms with E-state index in [-0.39, 0.29) is 23.6 Å². The van der Waals surface area contributed by atoms with Gasteiger partial charge in [0.15, 0.2) is 6.10 Å². The average molecular weight is 405 g/mol. The number of ether oxygens (including phenoxy) is 2. The van der Waals surface area contributed by atoms with E-state index in [0.29, 0.717) is 5.56 Å². The normalized spacial score (nSPS) is 28.6. The third-order valence-electron chi connectivity index (χ3n) is 4.65. The largest absolute Gasteiger partial charge is 0.477 e. The Morgan fingerprint density at radius 2 is 2.07 bits per heavy atom. The number of β-lactam (4-membered cyclic amide) rings is 1. The summed E-state index contributed by atoms with van der Waals surface area (Å²) in [7, 11) is 0. The number of fused-ring (bicyclic) bond motifs is 2. The molecule has 3 atom stereocenters. The smallest absolute Gasteiger partial charge is 0.404 e. The number of carboxylic acids is 1. The van der Waals surface area contributed by atoms with Gasteiger partial charge in [0.1, 0.15) is 17.7 Å². The molecule has 0 saturated carbocycles. The van der Waals surface area contributed by atoms with E-state index < -0.39 is 41.1 Å². The van der Waals surface area contributed by atoms with Crippen molar-refractivity contribution in [3.05, 3.63) is 47.2 Å². The molecule has 0 aliphatic carbocycles. The molecular weight excluding hydrogens is 390 g/mol. The Morgan fingerprint density at radius 1 is 1.36 bits per heavy atom. The molecule has 146 valence electrons. The van der Waals surface area contributed by atoms with Crippen LogP contribution in [0.5, 0.6) is 0 Å². The SMILES string of the molecule is NC(=O)OCC1=C(C(=O)O)N2C(=O)C3(NC(=O)C(c4ccccc4)O3)[C@H]2SC1. The van der Waals surface area contributed by atoms with Crippen LogP contribution < -0.4 is 11.1 Å². The fourth-order valence-electron chi connectivity index (χ4n) is 3.45. The number of hydrogen-bond donors (Lipinski definition) is 3. The summed E-state index contributed by atoms with van der Waals surface area (Å²) in [4.78, 5) is 48.9. The van der Waals surface area contributed by atoms with Crippen molar-refractivity contribution in [2.24, 2.45) is 5.73 Å². The van der Waals surface area contributed by atoms with Gasteiger partial charge in [-0.3, -0.25) is 14.5 Å². The third kappa shape index (κ3) is 2.62. The van der Waals surface area contributed by atoms with Crippen molar-refractivity contribution in [2.45, 2.75) is 17.2 Å². The molecule has 4 N–H and O–H groups in total. The van der Waals surface area contributed by atoms with Crippen LogP contribution in [0, 0.1) is 0 Å². The van der Waals surface area contributed by atoms with E-state index in [4.69, 9.17) is 10.5 Å². The number of primary amides is 1. The number of hydrogen-bond acceptors (Lipinski definition) is 7. The van der Waals surface area contributed by atoms with Crippen molar-refractivity contribution in [3.8, 4) is 0 Å². The first-order valence-corrected chi connectivity index (χ1v) is 9.27. The van der Waals surface area contributed by atoms with Gasteiger partial charge in [0, 0.05) is 11.3 Å². The standard InChI is InChI=1S/C17H15N3O7S/c18-16(25)26-6-9-7-28-15-17(14(24)20(15)10(9)13(22)23)19-12(21)11(27-17)8-4-2-1-3-5-8/h1-5,11,15H,6-7H2,(H2,18,25)(H,19,21)(H,22,23)/t11?,15-,17?/m1/s1. The van der Waals surface area contributed by atoms with Gasteiger partial charge in [0.2, 0.25) is 0 Å². The molecule has 3 aliphatic heterocycles. The minimum absolute atomic E-state index is 0.167. The molecule has 1 aromatic carbocycles. The summed E-state index contributed by atoms with van der Waals surface area (Å²) >= 11 is 1.21. The zero-order chi connectivity index (χ0) is 20.1. The van der Waals surface area contributed by atoms with E-state index in [0.717, 1.165) is 4.90 Å². The molecular formula is C17H15N3O7S. The van der Waals surface area contributed by atoms with E-state index in [1.54, 1.807) is 30.3 Å². The highest BCUT2D eigenvalue weighted by Gasteiger charge is 2.70. The number of nitrogens with zero attached hydrogens (tertiary/aromatic N) is 1. The lowest BCUT2D eigenvalue weighted by Crippen LogP contribution is -2.78. The molecule has 0 aromatic heterocycles. The maximum atomic E-state index is 12.9. The summed E-state index contributed by atoms with van der Waals surface area (Å²) in [6.07, 6.45) is -2.02. The highest BCUT2D eigenvalue weighted by Crippen LogP contribution is 2.50. The Kier molecular flexibility index (Phi) is 4.27. The molecule has 0 bridgehead atoms. The Balaban J connectivity index is 1.62. The molecule has 3 aliphatic rings. The molecule has 2 saturated heterocycles. The van der Waals surface area contributed by atoms with Crippen LogP contribution in [0.4, 0.5) is 4.79 Å². The summed E-state index contributed by atoms with van der Waals surface area (Å²) in [5.74, 6) is -2.34. The third-order valence-corrected chi connectivity index (χ3v) is 6.03. The van der Waals surface area contributed by atoms with Gasteiger partial charge in [-0.15, -0.1) is 11.8 Å². The maximum Gasteiger partial charge on any atom is 0.404 e. The lowest BCUT2D eigenvalue weighted by molar-refractivity contribution is -0.190. The number of carbonyl (C=O) groups excluding carboxylic acids is 3. The lowest BCUT2D eigenvalue weighted by Gasteiger charge is -2.54. The first kappa shape index (κ1) is 18.3. The van der Waals surface area contributed by atoms with Crippen LogP contribution >= 0.6 is 11.8 Å². The lowest BCUT2D eigenvalue weighted by atomic mass is 9.99. The van der Waals surface area contributed by atoms with Crippen LogP contribution in [0.25, 0.3) is 0 Å². The summed E-state index contributed by atoms with van der Waals surface area (Å²) < 4.78 is 10.5. The molecule has 1 aromatic rings. The van der Waals surface area contributed by atoms with E-state index in [9.17, 15) is 24.3 Å². The fraction of sp³-hybridized carbons (Fsp3) is 0.294. The van der Waals surface area contributed by atoms with Gasteiger partial charge >= 0.3 is 12.1 Å². The van der Waals surface area contributed by atoms with Crippen LogP contribution in [-0.4, -0.2) is 57.3 Å². The molecule has 3 heterocycles. The zero-order valence-electron chi connectivity index (χ0n) is 14.3. The average Bonchev–Trinajstić information content (AvgIpc) is 3.05. The fourth-order valence-corrected chi connectivity index (χ4v) is 4.83. The molecule has 1 spiro atoms. The summed E-state index contributed by atoms with van der Waals surface area (Å²) in [6.45, 7) is -0.340. The molecule has 28 heavy (non-hydrogen) atoms. The van der Waals surface area contributed by atoms with Crippen molar-refractivity contribution in [3.63, 3.8) is 0 Å². The number of aliphatic carboxylic acids is 1. The summed E-state index contributed by atoms with van der Waals surface area (Å²) in [5, 5.41) is 11.4. The van der Waals surface area contributed by atoms with Gasteiger partial charge in [-0.1, -0.05) is 30.3 Å². The topological polar surface area (TPSA) is 148 Å². The second-order valence-corrected chi connectivity index (χ2v) is 7.41. The zero-order valence-corrected chi connectivity index (χ0v) is 15.1. The first-order chi connectivity index (χ1) is 13.3. The minimum atomic E-state index is -1.63. The molecule has 3 amide bonds. The Morgan fingerprint density at radius 3 is 2.71 bits per heavy atom. The molecule has 11 heteroatoms. The van der Waals surface area contributed by atoms with Crippen molar-refractivity contribution < 1.29 is 33.8 Å². The van der Waals surface area contributed by atoms with Gasteiger partial charge in [0.05, 0.1) is 0 Å². The van der Waals surface area contributed by atoms with Gasteiger partial charge in [-0.2, -0.15) is 0 Å². The highest BCUT2D eigenvalue weighted by atomic mass is 32.2. The Hall–Kier alpha value is -3.05. The van der Waals surface area contributed by atoms with E-state index >= 15 is 0 Å². The monoisotopic (exact) mass is 405 g/mol. The highest BCUT2D eigenvalue weighted by molar-refractivity contribution is 8.00. The molecule has 2 fully saturated rings. The summed E-state index contributed by atoms with van der Waals surface area (Å²) in [5.41, 5.74) is 3.84. The first-order valence-electron chi connectivity index (χ1n) is 8.23. The number of benzene rings is 1. The maximum absolute atomic E-state index is 12.9. The van der Waals surface area contributed by atoms with E-state index in [2.05, 4.69) is 10.1 Å². The number of nitrogens with one attached hydrogen (secondary N) is 1. The van der Waals surface area contributed by atoms with Crippen LogP contribution in [0.15, 0.2) is 41.6 Å². The number of nitrogens with two attached hydrogens (primary N) is 1. The quantitative estimate of drug-likeness (QED) is 0.589. The number of carboxylic acid groups (broad SMARTS) is 1. The van der Waals surface area contributed by atoms with Crippen molar-refractivity contribution in [1.29, 1.82) is 0 Å². The van der Waals surface area contributed by atoms with Crippen molar-refractivity contribution in [2.75, 3.05) is 12.4 Å². The predicted molar refractivity (Wildman–Crippen MR) is 94.4 cm³/mol. The van der Waals surface area contributed by atoms with Crippen molar-refractivity contribution in [1.82, 2.24) is 10.2 Å². The van der Waals surface area contributed by atoms with Crippen LogP contribution in [0.1, 0.15) is 11.7 Å². The minimum Gasteiger partial charge on any atom is -0.477 e. The molecule has 4 rings (SSSR count). The predicted octanol–water partition coefficient (Wildman–Crippen LogP) is -0.0805. The number of rotatable bonds is 4. The second-order valence-electron chi connectivity index (χ2n) is 6.34. The second kappa shape index (κ2) is 6.53. The van der Waals surface area contributed by atoms with Gasteiger partial charge in [-0.05, 0) is 5.56 Å². The summed E-state index contributed by atoms with van der Waals surface area (Å²) in [6, 6.07) is 8.70. The Bertz CT molecular complexity index is 919.